The van der Waals surface area contributed by atoms with Gasteiger partial charge in [0.25, 0.3) is 0 Å². The lowest BCUT2D eigenvalue weighted by Gasteiger charge is -2.15. The van der Waals surface area contributed by atoms with Gasteiger partial charge in [-0.3, -0.25) is 4.79 Å². The molecule has 0 spiro atoms. The van der Waals surface area contributed by atoms with Gasteiger partial charge < -0.3 is 21.1 Å². The Bertz CT molecular complexity index is 556. The molecule has 0 bridgehead atoms. The van der Waals surface area contributed by atoms with E-state index in [0.717, 1.165) is 24.0 Å². The van der Waals surface area contributed by atoms with E-state index in [4.69, 9.17) is 0 Å². The number of hydrogen-bond donors (Lipinski definition) is 4. The zero-order valence-corrected chi connectivity index (χ0v) is 14.2. The second kappa shape index (κ2) is 9.27. The fraction of sp³-hybridized carbons (Fsp3) is 0.556. The van der Waals surface area contributed by atoms with E-state index in [1.807, 2.05) is 31.2 Å². The van der Waals surface area contributed by atoms with E-state index in [2.05, 4.69) is 16.0 Å². The molecule has 0 unspecified atom stereocenters. The number of carbonyl (C=O) groups excluding carboxylic acids is 2. The summed E-state index contributed by atoms with van der Waals surface area (Å²) < 4.78 is 0. The topological polar surface area (TPSA) is 90.5 Å². The van der Waals surface area contributed by atoms with Crippen molar-refractivity contribution in [2.45, 2.75) is 51.2 Å². The van der Waals surface area contributed by atoms with E-state index in [0.29, 0.717) is 6.04 Å². The van der Waals surface area contributed by atoms with Gasteiger partial charge in [0, 0.05) is 25.6 Å². The maximum atomic E-state index is 11.7. The number of carbonyl (C=O) groups is 2. The molecule has 0 radical (unpaired) electrons. The third kappa shape index (κ3) is 5.85. The van der Waals surface area contributed by atoms with Gasteiger partial charge in [0.2, 0.25) is 5.91 Å². The summed E-state index contributed by atoms with van der Waals surface area (Å²) in [6.45, 7) is 2.33. The highest BCUT2D eigenvalue weighted by atomic mass is 16.3. The van der Waals surface area contributed by atoms with Crippen LogP contribution in [0.2, 0.25) is 0 Å². The first-order valence-corrected chi connectivity index (χ1v) is 8.61. The molecule has 0 heterocycles. The number of urea groups is 1. The van der Waals surface area contributed by atoms with Crippen LogP contribution >= 0.6 is 0 Å². The molecule has 0 saturated heterocycles. The van der Waals surface area contributed by atoms with Crippen LogP contribution in [0.4, 0.5) is 4.79 Å². The summed E-state index contributed by atoms with van der Waals surface area (Å²) in [4.78, 5) is 23.5. The van der Waals surface area contributed by atoms with Gasteiger partial charge in [-0.05, 0) is 30.9 Å². The van der Waals surface area contributed by atoms with E-state index in [9.17, 15) is 14.7 Å². The lowest BCUT2D eigenvalue weighted by atomic mass is 10.0. The van der Waals surface area contributed by atoms with Gasteiger partial charge in [-0.2, -0.15) is 0 Å². The molecule has 0 aliphatic heterocycles. The predicted octanol–water partition coefficient (Wildman–Crippen LogP) is 1.78. The van der Waals surface area contributed by atoms with E-state index < -0.39 is 6.10 Å². The second-order valence-electron chi connectivity index (χ2n) is 6.31. The van der Waals surface area contributed by atoms with Gasteiger partial charge in [0.1, 0.15) is 0 Å². The summed E-state index contributed by atoms with van der Waals surface area (Å²) in [5.74, 6) is -0.0258. The van der Waals surface area contributed by atoms with Crippen LogP contribution in [0.3, 0.4) is 0 Å². The molecule has 1 aliphatic rings. The van der Waals surface area contributed by atoms with Crippen LogP contribution in [0.15, 0.2) is 24.3 Å². The maximum Gasteiger partial charge on any atom is 0.314 e. The van der Waals surface area contributed by atoms with Crippen LogP contribution in [0.5, 0.6) is 0 Å². The summed E-state index contributed by atoms with van der Waals surface area (Å²) >= 11 is 0. The molecule has 6 nitrogen and oxygen atoms in total. The van der Waals surface area contributed by atoms with Crippen molar-refractivity contribution in [3.05, 3.63) is 35.4 Å². The molecule has 1 aromatic carbocycles. The monoisotopic (exact) mass is 333 g/mol. The number of nitrogens with one attached hydrogen (secondary N) is 3. The smallest absolute Gasteiger partial charge is 0.314 e. The number of benzene rings is 1. The Morgan fingerprint density at radius 3 is 2.62 bits per heavy atom. The van der Waals surface area contributed by atoms with Crippen molar-refractivity contribution in [3.8, 4) is 0 Å². The van der Waals surface area contributed by atoms with Crippen LogP contribution in [0.25, 0.3) is 0 Å². The minimum atomic E-state index is -0.748. The molecule has 4 N–H and O–H groups in total. The molecular formula is C18H27N3O3. The highest BCUT2D eigenvalue weighted by Crippen LogP contribution is 2.17. The number of aryl methyl sites for hydroxylation is 1. The van der Waals surface area contributed by atoms with Crippen molar-refractivity contribution in [2.75, 3.05) is 13.1 Å². The number of hydrogen-bond acceptors (Lipinski definition) is 3. The lowest BCUT2D eigenvalue weighted by Crippen LogP contribution is -2.40. The van der Waals surface area contributed by atoms with Gasteiger partial charge >= 0.3 is 6.03 Å². The Morgan fingerprint density at radius 2 is 1.92 bits per heavy atom. The van der Waals surface area contributed by atoms with Crippen molar-refractivity contribution in [1.82, 2.24) is 16.0 Å². The molecule has 132 valence electrons. The highest BCUT2D eigenvalue weighted by Gasteiger charge is 2.17. The highest BCUT2D eigenvalue weighted by molar-refractivity contribution is 5.78. The summed E-state index contributed by atoms with van der Waals surface area (Å²) in [5, 5.41) is 18.4. The number of rotatable bonds is 7. The summed E-state index contributed by atoms with van der Waals surface area (Å²) in [7, 11) is 0. The molecule has 24 heavy (non-hydrogen) atoms. The molecule has 0 aromatic heterocycles. The Kier molecular flexibility index (Phi) is 7.06. The van der Waals surface area contributed by atoms with Crippen molar-refractivity contribution >= 4 is 11.9 Å². The fourth-order valence-electron chi connectivity index (χ4n) is 2.98. The van der Waals surface area contributed by atoms with Crippen LogP contribution < -0.4 is 16.0 Å². The third-order valence-electron chi connectivity index (χ3n) is 4.36. The Morgan fingerprint density at radius 1 is 1.21 bits per heavy atom. The van der Waals surface area contributed by atoms with E-state index in [1.54, 1.807) is 0 Å². The van der Waals surface area contributed by atoms with E-state index in [1.165, 1.54) is 12.8 Å². The van der Waals surface area contributed by atoms with Gasteiger partial charge in [-0.25, -0.2) is 4.79 Å². The minimum Gasteiger partial charge on any atom is -0.387 e. The van der Waals surface area contributed by atoms with Crippen molar-refractivity contribution in [1.29, 1.82) is 0 Å². The summed E-state index contributed by atoms with van der Waals surface area (Å²) in [6.07, 6.45) is 3.98. The summed E-state index contributed by atoms with van der Waals surface area (Å²) in [6, 6.07) is 7.44. The van der Waals surface area contributed by atoms with Crippen LogP contribution in [0.1, 0.15) is 49.3 Å². The molecule has 1 fully saturated rings. The lowest BCUT2D eigenvalue weighted by molar-refractivity contribution is -0.121. The van der Waals surface area contributed by atoms with Crippen LogP contribution in [-0.4, -0.2) is 36.2 Å². The van der Waals surface area contributed by atoms with E-state index in [-0.39, 0.29) is 31.4 Å². The largest absolute Gasteiger partial charge is 0.387 e. The maximum absolute atomic E-state index is 11.7. The summed E-state index contributed by atoms with van der Waals surface area (Å²) in [5.41, 5.74) is 1.78. The Labute approximate surface area is 143 Å². The van der Waals surface area contributed by atoms with E-state index >= 15 is 0 Å². The van der Waals surface area contributed by atoms with Gasteiger partial charge in [0.05, 0.1) is 6.10 Å². The minimum absolute atomic E-state index is 0.0258. The molecule has 2 rings (SSSR count). The first-order valence-electron chi connectivity index (χ1n) is 8.61. The molecule has 1 aliphatic carbocycles. The Balaban J connectivity index is 1.61. The normalized spacial score (nSPS) is 15.8. The number of aliphatic hydroxyl groups excluding tert-OH is 1. The average Bonchev–Trinajstić information content (AvgIpc) is 3.06. The molecule has 1 saturated carbocycles. The van der Waals surface area contributed by atoms with Crippen LogP contribution in [-0.2, 0) is 4.79 Å². The van der Waals surface area contributed by atoms with Crippen molar-refractivity contribution < 1.29 is 14.7 Å². The fourth-order valence-corrected chi connectivity index (χ4v) is 2.98. The SMILES string of the molecule is Cc1ccccc1[C@H](O)CNC(=O)NCCC(=O)NC1CCCC1. The first kappa shape index (κ1) is 18.3. The quantitative estimate of drug-likeness (QED) is 0.613. The zero-order valence-electron chi connectivity index (χ0n) is 14.2. The predicted molar refractivity (Wildman–Crippen MR) is 92.6 cm³/mol. The third-order valence-corrected chi connectivity index (χ3v) is 4.36. The molecular weight excluding hydrogens is 306 g/mol. The van der Waals surface area contributed by atoms with Gasteiger partial charge in [-0.15, -0.1) is 0 Å². The number of amides is 3. The van der Waals surface area contributed by atoms with Gasteiger partial charge in [-0.1, -0.05) is 37.1 Å². The van der Waals surface area contributed by atoms with Gasteiger partial charge in [0.15, 0.2) is 0 Å². The molecule has 6 heteroatoms. The van der Waals surface area contributed by atoms with Crippen molar-refractivity contribution in [3.63, 3.8) is 0 Å². The molecule has 1 atom stereocenters. The Hall–Kier alpha value is -2.08. The zero-order chi connectivity index (χ0) is 17.4. The van der Waals surface area contributed by atoms with Crippen molar-refractivity contribution in [2.24, 2.45) is 0 Å². The van der Waals surface area contributed by atoms with Crippen LogP contribution in [0, 0.1) is 6.92 Å². The molecule has 1 aromatic rings. The standard InChI is InChI=1S/C18H27N3O3/c1-13-6-2-5-9-15(13)16(22)12-20-18(24)19-11-10-17(23)21-14-7-3-4-8-14/h2,5-6,9,14,16,22H,3-4,7-8,10-12H2,1H3,(H,21,23)(H2,19,20,24)/t16-/m1/s1. The second-order valence-corrected chi connectivity index (χ2v) is 6.31. The average molecular weight is 333 g/mol. The first-order chi connectivity index (χ1) is 11.6. The number of aliphatic hydroxyl groups is 1. The molecule has 3 amide bonds.